The number of hydrogen-bond donors (Lipinski definition) is 1. The molecule has 0 aromatic heterocycles. The lowest BCUT2D eigenvalue weighted by atomic mass is 10.2. The van der Waals surface area contributed by atoms with Crippen LogP contribution in [0, 0.1) is 0 Å². The van der Waals surface area contributed by atoms with E-state index in [-0.39, 0.29) is 0 Å². The van der Waals surface area contributed by atoms with Crippen molar-refractivity contribution in [3.05, 3.63) is 23.8 Å². The third kappa shape index (κ3) is 5.94. The van der Waals surface area contributed by atoms with E-state index in [1.54, 1.807) is 7.11 Å². The molecule has 0 unspecified atom stereocenters. The van der Waals surface area contributed by atoms with E-state index in [1.807, 2.05) is 19.1 Å². The molecule has 0 aliphatic heterocycles. The predicted octanol–water partition coefficient (Wildman–Crippen LogP) is 2.14. The lowest BCUT2D eigenvalue weighted by Crippen LogP contribution is -2.21. The zero-order valence-electron chi connectivity index (χ0n) is 12.5. The third-order valence-electron chi connectivity index (χ3n) is 2.82. The molecule has 1 aromatic carbocycles. The number of nitrogens with zero attached hydrogens (tertiary/aromatic N) is 1. The van der Waals surface area contributed by atoms with Crippen molar-refractivity contribution in [3.8, 4) is 11.5 Å². The van der Waals surface area contributed by atoms with Crippen LogP contribution in [0.5, 0.6) is 11.5 Å². The van der Waals surface area contributed by atoms with Gasteiger partial charge in [0, 0.05) is 6.54 Å². The maximum absolute atomic E-state index is 5.50. The van der Waals surface area contributed by atoms with Crippen LogP contribution in [0.3, 0.4) is 0 Å². The Hall–Kier alpha value is -1.26. The first-order valence-corrected chi connectivity index (χ1v) is 6.82. The lowest BCUT2D eigenvalue weighted by molar-refractivity contribution is 0.310. The van der Waals surface area contributed by atoms with Gasteiger partial charge < -0.3 is 19.7 Å². The van der Waals surface area contributed by atoms with Crippen LogP contribution in [0.2, 0.25) is 0 Å². The molecule has 108 valence electrons. The first-order chi connectivity index (χ1) is 9.17. The molecule has 0 amide bonds. The van der Waals surface area contributed by atoms with Crippen molar-refractivity contribution < 1.29 is 9.47 Å². The molecular weight excluding hydrogens is 240 g/mol. The minimum Gasteiger partial charge on any atom is -0.493 e. The highest BCUT2D eigenvalue weighted by atomic mass is 16.5. The van der Waals surface area contributed by atoms with Crippen molar-refractivity contribution in [1.82, 2.24) is 10.2 Å². The summed E-state index contributed by atoms with van der Waals surface area (Å²) in [5.74, 6) is 1.61. The fraction of sp³-hybridized carbons (Fsp3) is 0.600. The second-order valence-corrected chi connectivity index (χ2v) is 4.75. The van der Waals surface area contributed by atoms with Gasteiger partial charge in [-0.3, -0.25) is 0 Å². The van der Waals surface area contributed by atoms with Crippen LogP contribution in [0.4, 0.5) is 0 Å². The maximum atomic E-state index is 5.50. The van der Waals surface area contributed by atoms with Gasteiger partial charge in [-0.2, -0.15) is 0 Å². The Morgan fingerprint density at radius 2 is 2.00 bits per heavy atom. The highest BCUT2D eigenvalue weighted by Gasteiger charge is 2.04. The number of ether oxygens (including phenoxy) is 2. The molecule has 0 spiro atoms. The van der Waals surface area contributed by atoms with Crippen LogP contribution in [-0.4, -0.2) is 45.8 Å². The number of nitrogens with one attached hydrogen (secondary N) is 1. The standard InChI is InChI=1S/C15H26N2O2/c1-5-19-14-8-7-13(11-15(14)18-4)12-16-9-6-10-17(2)3/h7-8,11,16H,5-6,9-10,12H2,1-4H3. The highest BCUT2D eigenvalue weighted by Crippen LogP contribution is 2.27. The maximum Gasteiger partial charge on any atom is 0.161 e. The molecule has 4 heteroatoms. The van der Waals surface area contributed by atoms with E-state index in [0.29, 0.717) is 6.61 Å². The van der Waals surface area contributed by atoms with Crippen molar-refractivity contribution in [2.24, 2.45) is 0 Å². The molecule has 0 bridgehead atoms. The van der Waals surface area contributed by atoms with Gasteiger partial charge in [0.2, 0.25) is 0 Å². The van der Waals surface area contributed by atoms with Gasteiger partial charge in [-0.25, -0.2) is 0 Å². The Bertz CT molecular complexity index is 367. The van der Waals surface area contributed by atoms with Crippen LogP contribution in [-0.2, 0) is 6.54 Å². The molecule has 0 saturated heterocycles. The van der Waals surface area contributed by atoms with Crippen LogP contribution in [0.1, 0.15) is 18.9 Å². The van der Waals surface area contributed by atoms with E-state index in [9.17, 15) is 0 Å². The SMILES string of the molecule is CCOc1ccc(CNCCCN(C)C)cc1OC. The average Bonchev–Trinajstić information content (AvgIpc) is 2.39. The molecule has 4 nitrogen and oxygen atoms in total. The van der Waals surface area contributed by atoms with Gasteiger partial charge in [0.15, 0.2) is 11.5 Å². The second kappa shape index (κ2) is 8.77. The Morgan fingerprint density at radius 3 is 2.63 bits per heavy atom. The molecule has 0 heterocycles. The summed E-state index contributed by atoms with van der Waals surface area (Å²) in [6.07, 6.45) is 1.15. The van der Waals surface area contributed by atoms with Crippen molar-refractivity contribution >= 4 is 0 Å². The first-order valence-electron chi connectivity index (χ1n) is 6.82. The fourth-order valence-corrected chi connectivity index (χ4v) is 1.85. The summed E-state index contributed by atoms with van der Waals surface area (Å²) < 4.78 is 10.8. The van der Waals surface area contributed by atoms with Gasteiger partial charge in [-0.05, 0) is 58.2 Å². The van der Waals surface area contributed by atoms with E-state index < -0.39 is 0 Å². The van der Waals surface area contributed by atoms with E-state index in [4.69, 9.17) is 9.47 Å². The fourth-order valence-electron chi connectivity index (χ4n) is 1.85. The molecule has 1 aromatic rings. The second-order valence-electron chi connectivity index (χ2n) is 4.75. The number of rotatable bonds is 9. The molecule has 0 saturated carbocycles. The molecular formula is C15H26N2O2. The summed E-state index contributed by atoms with van der Waals surface area (Å²) in [6, 6.07) is 6.08. The zero-order chi connectivity index (χ0) is 14.1. The summed E-state index contributed by atoms with van der Waals surface area (Å²) in [4.78, 5) is 2.20. The molecule has 0 aliphatic carbocycles. The topological polar surface area (TPSA) is 33.7 Å². The van der Waals surface area contributed by atoms with E-state index in [0.717, 1.165) is 37.6 Å². The van der Waals surface area contributed by atoms with Crippen molar-refractivity contribution in [2.45, 2.75) is 19.9 Å². The predicted molar refractivity (Wildman–Crippen MR) is 79.0 cm³/mol. The van der Waals surface area contributed by atoms with E-state index in [2.05, 4.69) is 30.4 Å². The number of methoxy groups -OCH3 is 1. The van der Waals surface area contributed by atoms with Gasteiger partial charge in [0.05, 0.1) is 13.7 Å². The molecule has 1 N–H and O–H groups in total. The van der Waals surface area contributed by atoms with Crippen LogP contribution in [0.15, 0.2) is 18.2 Å². The van der Waals surface area contributed by atoms with Crippen LogP contribution >= 0.6 is 0 Å². The van der Waals surface area contributed by atoms with Gasteiger partial charge in [0.25, 0.3) is 0 Å². The van der Waals surface area contributed by atoms with Crippen molar-refractivity contribution in [3.63, 3.8) is 0 Å². The summed E-state index contributed by atoms with van der Waals surface area (Å²) in [7, 11) is 5.86. The monoisotopic (exact) mass is 266 g/mol. The van der Waals surface area contributed by atoms with E-state index in [1.165, 1.54) is 5.56 Å². The Labute approximate surface area is 116 Å². The molecule has 19 heavy (non-hydrogen) atoms. The quantitative estimate of drug-likeness (QED) is 0.694. The third-order valence-corrected chi connectivity index (χ3v) is 2.82. The zero-order valence-corrected chi connectivity index (χ0v) is 12.5. The van der Waals surface area contributed by atoms with Gasteiger partial charge >= 0.3 is 0 Å². The molecule has 0 atom stereocenters. The number of hydrogen-bond acceptors (Lipinski definition) is 4. The first kappa shape index (κ1) is 15.8. The van der Waals surface area contributed by atoms with Gasteiger partial charge in [-0.15, -0.1) is 0 Å². The minimum absolute atomic E-state index is 0.651. The Balaban J connectivity index is 2.41. The highest BCUT2D eigenvalue weighted by molar-refractivity contribution is 5.42. The van der Waals surface area contributed by atoms with Crippen LogP contribution in [0.25, 0.3) is 0 Å². The normalized spacial score (nSPS) is 10.8. The van der Waals surface area contributed by atoms with Gasteiger partial charge in [0.1, 0.15) is 0 Å². The summed E-state index contributed by atoms with van der Waals surface area (Å²) in [6.45, 7) is 5.61. The lowest BCUT2D eigenvalue weighted by Gasteiger charge is -2.12. The number of benzene rings is 1. The molecule has 0 radical (unpaired) electrons. The average molecular weight is 266 g/mol. The van der Waals surface area contributed by atoms with Gasteiger partial charge in [-0.1, -0.05) is 6.07 Å². The Kier molecular flexibility index (Phi) is 7.30. The molecule has 0 fully saturated rings. The van der Waals surface area contributed by atoms with E-state index >= 15 is 0 Å². The summed E-state index contributed by atoms with van der Waals surface area (Å²) >= 11 is 0. The van der Waals surface area contributed by atoms with Crippen molar-refractivity contribution in [1.29, 1.82) is 0 Å². The minimum atomic E-state index is 0.651. The summed E-state index contributed by atoms with van der Waals surface area (Å²) in [5.41, 5.74) is 1.21. The van der Waals surface area contributed by atoms with Crippen LogP contribution < -0.4 is 14.8 Å². The smallest absolute Gasteiger partial charge is 0.161 e. The molecule has 0 aliphatic rings. The summed E-state index contributed by atoms with van der Waals surface area (Å²) in [5, 5.41) is 3.44. The van der Waals surface area contributed by atoms with Crippen molar-refractivity contribution in [2.75, 3.05) is 40.9 Å². The molecule has 1 rings (SSSR count). The Morgan fingerprint density at radius 1 is 1.21 bits per heavy atom. The largest absolute Gasteiger partial charge is 0.493 e.